The van der Waals surface area contributed by atoms with Crippen molar-refractivity contribution >= 4 is 57.3 Å². The molecule has 0 spiro atoms. The number of rotatable bonds is 22. The summed E-state index contributed by atoms with van der Waals surface area (Å²) in [5.41, 5.74) is -0.654. The van der Waals surface area contributed by atoms with Crippen LogP contribution in [0.3, 0.4) is 0 Å². The van der Waals surface area contributed by atoms with Crippen molar-refractivity contribution in [3.63, 3.8) is 0 Å². The van der Waals surface area contributed by atoms with Gasteiger partial charge in [0.1, 0.15) is 29.3 Å². The fourth-order valence-corrected chi connectivity index (χ4v) is 7.09. The Bertz CT molecular complexity index is 1830. The number of hydrogen-bond acceptors (Lipinski definition) is 14. The molecule has 2 amide bonds. The summed E-state index contributed by atoms with van der Waals surface area (Å²) >= 11 is 0. The second-order valence-electron chi connectivity index (χ2n) is 14.6. The van der Waals surface area contributed by atoms with E-state index in [0.29, 0.717) is 12.1 Å². The predicted molar refractivity (Wildman–Crippen MR) is 212 cm³/mol. The Morgan fingerprint density at radius 3 is 2.27 bits per heavy atom. The van der Waals surface area contributed by atoms with Gasteiger partial charge in [-0.1, -0.05) is 70.4 Å². The maximum Gasteiger partial charge on any atom is 0.427 e. The van der Waals surface area contributed by atoms with Gasteiger partial charge in [0.15, 0.2) is 18.8 Å². The van der Waals surface area contributed by atoms with E-state index in [1.807, 2.05) is 20.8 Å². The van der Waals surface area contributed by atoms with Crippen LogP contribution < -0.4 is 30.1 Å². The number of nitrogens with one attached hydrogen (secondary N) is 3. The quantitative estimate of drug-likeness (QED) is 0.0338. The molecule has 4 N–H and O–H groups in total. The van der Waals surface area contributed by atoms with Crippen molar-refractivity contribution in [2.75, 3.05) is 37.7 Å². The summed E-state index contributed by atoms with van der Waals surface area (Å²) in [6.45, 7) is 10.3. The van der Waals surface area contributed by atoms with E-state index in [-0.39, 0.29) is 66.4 Å². The first-order valence-corrected chi connectivity index (χ1v) is 20.7. The lowest BCUT2D eigenvalue weighted by atomic mass is 9.86. The Kier molecular flexibility index (Phi) is 15.3. The number of esters is 2. The van der Waals surface area contributed by atoms with E-state index < -0.39 is 41.8 Å². The van der Waals surface area contributed by atoms with Crippen LogP contribution in [-0.4, -0.2) is 109 Å². The van der Waals surface area contributed by atoms with Crippen LogP contribution in [0.4, 0.5) is 0 Å². The second-order valence-corrected chi connectivity index (χ2v) is 17.3. The average molecular weight is 814 g/mol. The zero-order valence-electron chi connectivity index (χ0n) is 32.0. The van der Waals surface area contributed by atoms with Gasteiger partial charge < -0.3 is 44.2 Å². The molecule has 17 heteroatoms. The van der Waals surface area contributed by atoms with Crippen LogP contribution in [-0.2, 0) is 33.3 Å². The highest BCUT2D eigenvalue weighted by Gasteiger charge is 2.49. The predicted octanol–water partition coefficient (Wildman–Crippen LogP) is 2.85. The van der Waals surface area contributed by atoms with Crippen LogP contribution >= 0.6 is 21.6 Å². The molecule has 2 aromatic rings. The van der Waals surface area contributed by atoms with Crippen LogP contribution in [0.5, 0.6) is 11.5 Å². The highest BCUT2D eigenvalue weighted by Crippen LogP contribution is 2.45. The second kappa shape index (κ2) is 19.9. The van der Waals surface area contributed by atoms with Crippen molar-refractivity contribution in [3.8, 4) is 11.5 Å². The fraction of sp³-hybridized carbons (Fsp3) is 0.487. The van der Waals surface area contributed by atoms with Gasteiger partial charge in [0.05, 0.1) is 12.2 Å². The number of hydrogen-bond donors (Lipinski definition) is 4. The largest absolute Gasteiger partial charge is 0.427 e. The van der Waals surface area contributed by atoms with E-state index in [1.54, 1.807) is 77.9 Å². The smallest absolute Gasteiger partial charge is 0.422 e. The van der Waals surface area contributed by atoms with Crippen LogP contribution in [0.25, 0.3) is 0 Å². The van der Waals surface area contributed by atoms with Crippen molar-refractivity contribution in [1.29, 1.82) is 0 Å². The number of carbonyl (C=O) groups excluding carboxylic acids is 4. The average Bonchev–Trinajstić information content (AvgIpc) is 4.03. The minimum absolute atomic E-state index is 0.00303. The molecule has 0 aliphatic carbocycles. The normalized spacial score (nSPS) is 20.2. The monoisotopic (exact) mass is 813 g/mol. The summed E-state index contributed by atoms with van der Waals surface area (Å²) in [5, 5.41) is 19.0. The van der Waals surface area contributed by atoms with E-state index in [1.165, 1.54) is 24.4 Å². The van der Waals surface area contributed by atoms with E-state index in [0.717, 1.165) is 18.1 Å². The van der Waals surface area contributed by atoms with Gasteiger partial charge in [-0.15, -0.1) is 0 Å². The van der Waals surface area contributed by atoms with Gasteiger partial charge in [0, 0.05) is 60.7 Å². The molecule has 0 radical (unpaired) electrons. The maximum atomic E-state index is 13.3. The molecule has 2 aromatic carbocycles. The minimum atomic E-state index is -1.13. The summed E-state index contributed by atoms with van der Waals surface area (Å²) in [6.07, 6.45) is 1.63. The Morgan fingerprint density at radius 2 is 1.55 bits per heavy atom. The third kappa shape index (κ3) is 13.0. The van der Waals surface area contributed by atoms with Gasteiger partial charge in [-0.3, -0.25) is 14.9 Å². The fourth-order valence-electron chi connectivity index (χ4n) is 5.26. The molecule has 5 atom stereocenters. The van der Waals surface area contributed by atoms with Gasteiger partial charge in [0.2, 0.25) is 11.8 Å². The van der Waals surface area contributed by atoms with Crippen molar-refractivity contribution in [2.45, 2.75) is 77.7 Å². The molecule has 3 aliphatic heterocycles. The SMILES string of the molecule is CC(C)(C)OC1OC1NCCSSCCNC(=O)CCNC(=O)C(OC1OC1c1ccccc1OC(=O)c1ccccc1OC(=O)C1=[N+]=CC=C1)C(C)(C)CO. The first kappa shape index (κ1) is 43.1. The van der Waals surface area contributed by atoms with Gasteiger partial charge in [-0.2, -0.15) is 0 Å². The van der Waals surface area contributed by atoms with Crippen LogP contribution in [0.2, 0.25) is 0 Å². The molecule has 0 saturated carbocycles. The van der Waals surface area contributed by atoms with Crippen LogP contribution in [0.15, 0.2) is 60.7 Å². The molecule has 2 saturated heterocycles. The Hall–Kier alpha value is -4.03. The molecule has 3 heterocycles. The lowest BCUT2D eigenvalue weighted by Gasteiger charge is -2.31. The van der Waals surface area contributed by atoms with Gasteiger partial charge in [-0.05, 0) is 39.0 Å². The minimum Gasteiger partial charge on any atom is -0.422 e. The lowest BCUT2D eigenvalue weighted by Crippen LogP contribution is -2.48. The van der Waals surface area contributed by atoms with Crippen molar-refractivity contribution in [3.05, 3.63) is 71.8 Å². The summed E-state index contributed by atoms with van der Waals surface area (Å²) in [4.78, 5) is 51.6. The summed E-state index contributed by atoms with van der Waals surface area (Å²) in [6, 6.07) is 12.9. The van der Waals surface area contributed by atoms with Crippen molar-refractivity contribution in [1.82, 2.24) is 20.6 Å². The third-order valence-electron chi connectivity index (χ3n) is 8.27. The van der Waals surface area contributed by atoms with E-state index in [9.17, 15) is 24.3 Å². The van der Waals surface area contributed by atoms with E-state index >= 15 is 0 Å². The first-order chi connectivity index (χ1) is 26.8. The molecule has 2 fully saturated rings. The molecular formula is C39H49N4O11S2+. The molecule has 302 valence electrons. The summed E-state index contributed by atoms with van der Waals surface area (Å²) in [7, 11) is 3.35. The standard InChI is InChI=1S/C39H48N4O11S2/c1-38(2,3)54-37-33(53-37)43-20-22-56-55-21-19-41-29(45)16-18-42-32(46)31(39(4,5)23-44)52-36-30(51-36)24-11-6-8-14-27(24)49-34(47)25-12-7-9-15-28(25)50-35(48)26-13-10-17-40-26/h6-15,17,30-31,33,36-37,43-44H,16,18-23H2,1-5H3,(H-,41,42,45,46)/p+1. The number of nitrogens with zero attached hydrogens (tertiary/aromatic N) is 1. The first-order valence-electron chi connectivity index (χ1n) is 18.2. The van der Waals surface area contributed by atoms with Crippen molar-refractivity contribution in [2.24, 2.45) is 5.41 Å². The Morgan fingerprint density at radius 1 is 0.857 bits per heavy atom. The number of ether oxygens (including phenoxy) is 6. The number of aliphatic hydroxyl groups excluding tert-OH is 1. The maximum absolute atomic E-state index is 13.3. The lowest BCUT2D eigenvalue weighted by molar-refractivity contribution is -0.150. The van der Waals surface area contributed by atoms with Crippen LogP contribution in [0, 0.1) is 5.41 Å². The molecule has 5 unspecified atom stereocenters. The number of epoxide rings is 2. The Labute approximate surface area is 333 Å². The zero-order chi connectivity index (χ0) is 40.3. The molecular weight excluding hydrogens is 765 g/mol. The molecule has 0 aromatic heterocycles. The molecule has 3 aliphatic rings. The highest BCUT2D eigenvalue weighted by molar-refractivity contribution is 8.76. The molecule has 5 rings (SSSR count). The topological polar surface area (TPSA) is 201 Å². The molecule has 15 nitrogen and oxygen atoms in total. The summed E-state index contributed by atoms with van der Waals surface area (Å²) < 4.78 is 38.2. The van der Waals surface area contributed by atoms with E-state index in [4.69, 9.17) is 28.4 Å². The number of carbonyl (C=O) groups is 4. The number of amides is 2. The van der Waals surface area contributed by atoms with E-state index in [2.05, 4.69) is 20.6 Å². The van der Waals surface area contributed by atoms with Crippen LogP contribution in [0.1, 0.15) is 63.1 Å². The number of benzene rings is 2. The van der Waals surface area contributed by atoms with Gasteiger partial charge in [0.25, 0.3) is 6.21 Å². The molecule has 0 bridgehead atoms. The third-order valence-corrected chi connectivity index (χ3v) is 10.7. The zero-order valence-corrected chi connectivity index (χ0v) is 33.6. The number of allylic oxidation sites excluding steroid dienone is 1. The van der Waals surface area contributed by atoms with Crippen molar-refractivity contribution < 1.29 is 52.7 Å². The molecule has 56 heavy (non-hydrogen) atoms. The number of para-hydroxylation sites is 2. The number of aliphatic hydroxyl groups is 1. The summed E-state index contributed by atoms with van der Waals surface area (Å²) in [5.74, 6) is -0.436. The highest BCUT2D eigenvalue weighted by atomic mass is 33.1. The van der Waals surface area contributed by atoms with Gasteiger partial charge in [-0.25, -0.2) is 9.59 Å². The Balaban J connectivity index is 1.04. The van der Waals surface area contributed by atoms with Gasteiger partial charge >= 0.3 is 17.7 Å².